The molecule has 0 saturated heterocycles. The molecule has 1 atom stereocenters. The molecule has 1 aliphatic rings. The topological polar surface area (TPSA) is 65.6 Å². The van der Waals surface area contributed by atoms with Crippen LogP contribution in [0.2, 0.25) is 0 Å². The molecule has 0 aliphatic carbocycles. The van der Waals surface area contributed by atoms with Gasteiger partial charge in [-0.3, -0.25) is 9.36 Å². The number of esters is 1. The van der Waals surface area contributed by atoms with Crippen molar-refractivity contribution in [3.05, 3.63) is 114 Å². The van der Waals surface area contributed by atoms with Gasteiger partial charge in [0.15, 0.2) is 4.80 Å². The molecule has 0 spiro atoms. The van der Waals surface area contributed by atoms with Gasteiger partial charge in [0.2, 0.25) is 0 Å². The predicted molar refractivity (Wildman–Crippen MR) is 158 cm³/mol. The van der Waals surface area contributed by atoms with Crippen LogP contribution in [0, 0.1) is 13.8 Å². The third kappa shape index (κ3) is 5.06. The molecule has 2 aromatic heterocycles. The van der Waals surface area contributed by atoms with Crippen molar-refractivity contribution < 1.29 is 9.53 Å². The second-order valence-corrected chi connectivity index (χ2v) is 11.7. The van der Waals surface area contributed by atoms with Gasteiger partial charge in [-0.2, -0.15) is 0 Å². The van der Waals surface area contributed by atoms with Gasteiger partial charge in [0, 0.05) is 22.0 Å². The highest BCUT2D eigenvalue weighted by Gasteiger charge is 2.33. The average Bonchev–Trinajstić information content (AvgIpc) is 3.37. The molecule has 5 rings (SSSR count). The number of ether oxygens (including phenoxy) is 1. The lowest BCUT2D eigenvalue weighted by atomic mass is 9.96. The van der Waals surface area contributed by atoms with Crippen molar-refractivity contribution in [2.24, 2.45) is 4.99 Å². The van der Waals surface area contributed by atoms with Gasteiger partial charge >= 0.3 is 5.97 Å². The van der Waals surface area contributed by atoms with Crippen LogP contribution in [-0.4, -0.2) is 27.5 Å². The molecule has 0 N–H and O–H groups in total. The van der Waals surface area contributed by atoms with Crippen LogP contribution in [0.4, 0.5) is 0 Å². The van der Waals surface area contributed by atoms with Crippen LogP contribution in [0.3, 0.4) is 0 Å². The summed E-state index contributed by atoms with van der Waals surface area (Å²) in [7, 11) is 0. The molecule has 0 fully saturated rings. The quantitative estimate of drug-likeness (QED) is 0.238. The van der Waals surface area contributed by atoms with Gasteiger partial charge < -0.3 is 9.30 Å². The molecule has 200 valence electrons. The van der Waals surface area contributed by atoms with E-state index in [4.69, 9.17) is 9.73 Å². The summed E-state index contributed by atoms with van der Waals surface area (Å²) in [5.74, 6) is -0.453. The van der Waals surface area contributed by atoms with E-state index in [2.05, 4.69) is 36.6 Å². The summed E-state index contributed by atoms with van der Waals surface area (Å²) >= 11 is 2.98. The van der Waals surface area contributed by atoms with E-state index in [1.54, 1.807) is 16.3 Å². The van der Waals surface area contributed by atoms with Crippen molar-refractivity contribution in [3.63, 3.8) is 0 Å². The summed E-state index contributed by atoms with van der Waals surface area (Å²) in [4.78, 5) is 33.7. The smallest absolute Gasteiger partial charge is 0.338 e. The zero-order chi connectivity index (χ0) is 27.8. The summed E-state index contributed by atoms with van der Waals surface area (Å²) in [6.45, 7) is 9.56. The number of carbonyl (C=O) groups is 1. The maximum absolute atomic E-state index is 14.0. The van der Waals surface area contributed by atoms with Gasteiger partial charge in [-0.1, -0.05) is 41.7 Å². The Bertz CT molecular complexity index is 1760. The first-order valence-corrected chi connectivity index (χ1v) is 14.9. The molecule has 0 amide bonds. The van der Waals surface area contributed by atoms with Crippen LogP contribution in [0.1, 0.15) is 49.3 Å². The zero-order valence-corrected chi connectivity index (χ0v) is 24.5. The maximum atomic E-state index is 14.0. The fourth-order valence-corrected chi connectivity index (χ4v) is 6.46. The highest BCUT2D eigenvalue weighted by Crippen LogP contribution is 2.32. The first kappa shape index (κ1) is 27.0. The summed E-state index contributed by atoms with van der Waals surface area (Å²) in [6, 6.07) is 19.6. The number of allylic oxidation sites excluding steroid dienone is 1. The Kier molecular flexibility index (Phi) is 7.51. The number of hydrogen-bond donors (Lipinski definition) is 0. The SMILES string of the molecule is CSc1ccc([C@@H]2C(C(=O)OC(C)C)=C(C)N=c3s/c(=C\c4cc(C)n(-c5ccccc5)c4C)c(=O)n32)cc1. The van der Waals surface area contributed by atoms with Gasteiger partial charge in [-0.15, -0.1) is 11.8 Å². The number of thioether (sulfide) groups is 1. The fourth-order valence-electron chi connectivity index (χ4n) is 5.01. The van der Waals surface area contributed by atoms with E-state index in [1.807, 2.05) is 75.6 Å². The molecule has 0 radical (unpaired) electrons. The van der Waals surface area contributed by atoms with Crippen molar-refractivity contribution >= 4 is 35.1 Å². The highest BCUT2D eigenvalue weighted by molar-refractivity contribution is 7.98. The Morgan fingerprint density at radius 3 is 2.41 bits per heavy atom. The number of rotatable bonds is 6. The Morgan fingerprint density at radius 1 is 1.08 bits per heavy atom. The minimum atomic E-state index is -0.623. The largest absolute Gasteiger partial charge is 0.459 e. The van der Waals surface area contributed by atoms with E-state index >= 15 is 0 Å². The minimum absolute atomic E-state index is 0.176. The fraction of sp³-hybridized carbons (Fsp3) is 0.258. The third-order valence-corrected chi connectivity index (χ3v) is 8.51. The van der Waals surface area contributed by atoms with Crippen LogP contribution in [0.25, 0.3) is 11.8 Å². The van der Waals surface area contributed by atoms with Crippen molar-refractivity contribution in [3.8, 4) is 5.69 Å². The minimum Gasteiger partial charge on any atom is -0.459 e. The summed E-state index contributed by atoms with van der Waals surface area (Å²) in [5, 5.41) is 0. The molecule has 1 aliphatic heterocycles. The average molecular weight is 558 g/mol. The Hall–Kier alpha value is -3.62. The van der Waals surface area contributed by atoms with E-state index in [0.717, 1.165) is 33.1 Å². The van der Waals surface area contributed by atoms with Crippen LogP contribution in [0.5, 0.6) is 0 Å². The summed E-state index contributed by atoms with van der Waals surface area (Å²) in [5.41, 5.74) is 5.79. The van der Waals surface area contributed by atoms with E-state index in [-0.39, 0.29) is 11.7 Å². The van der Waals surface area contributed by atoms with E-state index in [0.29, 0.717) is 20.6 Å². The molecular formula is C31H31N3O3S2. The standard InChI is InChI=1S/C31H31N3O3S2/c1-18(2)37-30(36)27-20(4)32-31-34(28(27)22-12-14-25(38-6)15-13-22)29(35)26(39-31)17-23-16-19(3)33(21(23)5)24-10-8-7-9-11-24/h7-18,28H,1-6H3/b26-17-/t28-/m1/s1. The van der Waals surface area contributed by atoms with Crippen molar-refractivity contribution in [2.75, 3.05) is 6.26 Å². The molecule has 6 nitrogen and oxygen atoms in total. The number of hydrogen-bond acceptors (Lipinski definition) is 6. The van der Waals surface area contributed by atoms with Crippen LogP contribution in [-0.2, 0) is 9.53 Å². The van der Waals surface area contributed by atoms with Gasteiger partial charge in [-0.05, 0) is 88.4 Å². The molecule has 0 unspecified atom stereocenters. The number of benzene rings is 2. The number of fused-ring (bicyclic) bond motifs is 1. The molecule has 2 aromatic carbocycles. The second-order valence-electron chi connectivity index (χ2n) is 9.81. The predicted octanol–water partition coefficient (Wildman–Crippen LogP) is 5.32. The molecule has 0 saturated carbocycles. The lowest BCUT2D eigenvalue weighted by Crippen LogP contribution is -2.40. The Labute approximate surface area is 236 Å². The number of thiazole rings is 1. The van der Waals surface area contributed by atoms with E-state index < -0.39 is 12.0 Å². The number of para-hydroxylation sites is 1. The maximum Gasteiger partial charge on any atom is 0.338 e. The van der Waals surface area contributed by atoms with Crippen molar-refractivity contribution in [2.45, 2.75) is 51.7 Å². The molecular weight excluding hydrogens is 526 g/mol. The molecule has 4 aromatic rings. The summed E-state index contributed by atoms with van der Waals surface area (Å²) < 4.78 is 10.0. The van der Waals surface area contributed by atoms with E-state index in [9.17, 15) is 9.59 Å². The Balaban J connectivity index is 1.69. The Morgan fingerprint density at radius 2 is 1.77 bits per heavy atom. The number of aryl methyl sites for hydroxylation is 1. The van der Waals surface area contributed by atoms with Crippen molar-refractivity contribution in [1.82, 2.24) is 9.13 Å². The van der Waals surface area contributed by atoms with Crippen LogP contribution < -0.4 is 14.9 Å². The van der Waals surface area contributed by atoms with Gasteiger partial charge in [0.25, 0.3) is 5.56 Å². The molecule has 3 heterocycles. The summed E-state index contributed by atoms with van der Waals surface area (Å²) in [6.07, 6.45) is 3.66. The van der Waals surface area contributed by atoms with Crippen LogP contribution in [0.15, 0.2) is 86.6 Å². The van der Waals surface area contributed by atoms with E-state index in [1.165, 1.54) is 11.3 Å². The molecule has 8 heteroatoms. The molecule has 0 bridgehead atoms. The third-order valence-electron chi connectivity index (χ3n) is 6.79. The number of nitrogens with zero attached hydrogens (tertiary/aromatic N) is 3. The van der Waals surface area contributed by atoms with Gasteiger partial charge in [0.1, 0.15) is 0 Å². The lowest BCUT2D eigenvalue weighted by Gasteiger charge is -2.25. The first-order valence-electron chi connectivity index (χ1n) is 12.8. The second kappa shape index (κ2) is 10.9. The molecule has 39 heavy (non-hydrogen) atoms. The highest BCUT2D eigenvalue weighted by atomic mass is 32.2. The first-order chi connectivity index (χ1) is 18.7. The number of aromatic nitrogens is 2. The number of carbonyl (C=O) groups excluding carboxylic acids is 1. The van der Waals surface area contributed by atoms with Gasteiger partial charge in [0.05, 0.1) is 27.9 Å². The normalized spacial score (nSPS) is 15.5. The lowest BCUT2D eigenvalue weighted by molar-refractivity contribution is -0.143. The van der Waals surface area contributed by atoms with Crippen LogP contribution >= 0.6 is 23.1 Å². The zero-order valence-electron chi connectivity index (χ0n) is 22.9. The monoisotopic (exact) mass is 557 g/mol. The van der Waals surface area contributed by atoms with Crippen molar-refractivity contribution in [1.29, 1.82) is 0 Å². The van der Waals surface area contributed by atoms with Gasteiger partial charge in [-0.25, -0.2) is 9.79 Å².